The summed E-state index contributed by atoms with van der Waals surface area (Å²) in [5.41, 5.74) is 0.398. The fourth-order valence-electron chi connectivity index (χ4n) is 3.12. The molecule has 1 amide bonds. The fourth-order valence-corrected chi connectivity index (χ4v) is 3.12. The molecule has 0 spiro atoms. The van der Waals surface area contributed by atoms with Crippen LogP contribution in [0.3, 0.4) is 0 Å². The highest BCUT2D eigenvalue weighted by molar-refractivity contribution is 5.77. The predicted octanol–water partition coefficient (Wildman–Crippen LogP) is 1.89. The Hall–Kier alpha value is -2.25. The maximum atomic E-state index is 12.5. The van der Waals surface area contributed by atoms with Crippen LogP contribution in [0.25, 0.3) is 0 Å². The van der Waals surface area contributed by atoms with Crippen molar-refractivity contribution in [1.82, 2.24) is 19.9 Å². The second-order valence-electron chi connectivity index (χ2n) is 7.11. The summed E-state index contributed by atoms with van der Waals surface area (Å²) < 4.78 is 7.26. The summed E-state index contributed by atoms with van der Waals surface area (Å²) in [6.45, 7) is 5.25. The zero-order valence-electron chi connectivity index (χ0n) is 15.3. The monoisotopic (exact) mass is 358 g/mol. The highest BCUT2D eigenvalue weighted by atomic mass is 16.5. The molecule has 1 aliphatic rings. The van der Waals surface area contributed by atoms with Crippen LogP contribution in [-0.2, 0) is 21.7 Å². The highest BCUT2D eigenvalue weighted by Crippen LogP contribution is 2.30. The molecule has 1 aromatic heterocycles. The van der Waals surface area contributed by atoms with Crippen LogP contribution in [0.1, 0.15) is 44.0 Å². The Morgan fingerprint density at radius 3 is 2.81 bits per heavy atom. The molecule has 0 aliphatic carbocycles. The van der Waals surface area contributed by atoms with Crippen molar-refractivity contribution in [3.8, 4) is 0 Å². The van der Waals surface area contributed by atoms with Gasteiger partial charge in [0.25, 0.3) is 0 Å². The van der Waals surface area contributed by atoms with Crippen molar-refractivity contribution < 1.29 is 14.6 Å². The summed E-state index contributed by atoms with van der Waals surface area (Å²) in [6.07, 6.45) is 3.05. The Kier molecular flexibility index (Phi) is 5.68. The Labute approximate surface area is 153 Å². The Bertz CT molecular complexity index is 731. The molecule has 1 aromatic carbocycles. The molecular formula is C19H26N4O3. The predicted molar refractivity (Wildman–Crippen MR) is 96.2 cm³/mol. The molecule has 7 heteroatoms. The maximum absolute atomic E-state index is 12.5. The smallest absolute Gasteiger partial charge is 0.248 e. The third-order valence-electron chi connectivity index (χ3n) is 4.68. The normalized spacial score (nSPS) is 20.5. The topological polar surface area (TPSA) is 80.5 Å². The standard InChI is InChI=1S/C19H26N4O3/c1-15(2)23-11-17(20-21-23)19(25)9-6-10-22(14-19)18(24)13-26-12-16-7-4-3-5-8-16/h3-5,7-8,11,15,25H,6,9-10,12-14H2,1-2H3/t19-/m1/s1. The molecule has 0 saturated carbocycles. The van der Waals surface area contributed by atoms with E-state index in [1.54, 1.807) is 15.8 Å². The van der Waals surface area contributed by atoms with Crippen LogP contribution in [0.15, 0.2) is 36.5 Å². The van der Waals surface area contributed by atoms with Crippen molar-refractivity contribution in [3.63, 3.8) is 0 Å². The minimum Gasteiger partial charge on any atom is -0.382 e. The molecule has 1 fully saturated rings. The van der Waals surface area contributed by atoms with Gasteiger partial charge in [0.1, 0.15) is 17.9 Å². The number of aromatic nitrogens is 3. The van der Waals surface area contributed by atoms with E-state index in [-0.39, 0.29) is 25.1 Å². The van der Waals surface area contributed by atoms with E-state index in [0.717, 1.165) is 12.0 Å². The van der Waals surface area contributed by atoms with Crippen molar-refractivity contribution in [2.45, 2.75) is 44.9 Å². The quantitative estimate of drug-likeness (QED) is 0.853. The van der Waals surface area contributed by atoms with Crippen LogP contribution < -0.4 is 0 Å². The molecule has 1 aliphatic heterocycles. The van der Waals surface area contributed by atoms with Gasteiger partial charge in [-0.1, -0.05) is 35.5 Å². The number of ether oxygens (including phenoxy) is 1. The lowest BCUT2D eigenvalue weighted by atomic mass is 9.90. The van der Waals surface area contributed by atoms with E-state index in [1.165, 1.54) is 0 Å². The highest BCUT2D eigenvalue weighted by Gasteiger charge is 2.39. The first-order chi connectivity index (χ1) is 12.5. The summed E-state index contributed by atoms with van der Waals surface area (Å²) in [5.74, 6) is -0.115. The zero-order valence-corrected chi connectivity index (χ0v) is 15.3. The average molecular weight is 358 g/mol. The first-order valence-corrected chi connectivity index (χ1v) is 9.02. The average Bonchev–Trinajstić information content (AvgIpc) is 3.14. The maximum Gasteiger partial charge on any atom is 0.248 e. The first-order valence-electron chi connectivity index (χ1n) is 9.02. The van der Waals surface area contributed by atoms with Gasteiger partial charge in [0.05, 0.1) is 19.3 Å². The van der Waals surface area contributed by atoms with E-state index in [4.69, 9.17) is 4.74 Å². The summed E-state index contributed by atoms with van der Waals surface area (Å²) in [5, 5.41) is 19.2. The largest absolute Gasteiger partial charge is 0.382 e. The number of amides is 1. The minimum absolute atomic E-state index is 0.00363. The van der Waals surface area contributed by atoms with Gasteiger partial charge < -0.3 is 14.7 Å². The molecule has 2 aromatic rings. The molecule has 26 heavy (non-hydrogen) atoms. The third-order valence-corrected chi connectivity index (χ3v) is 4.68. The summed E-state index contributed by atoms with van der Waals surface area (Å²) in [7, 11) is 0. The van der Waals surface area contributed by atoms with Crippen molar-refractivity contribution >= 4 is 5.91 Å². The van der Waals surface area contributed by atoms with Crippen molar-refractivity contribution in [3.05, 3.63) is 47.8 Å². The van der Waals surface area contributed by atoms with Crippen LogP contribution in [0.4, 0.5) is 0 Å². The minimum atomic E-state index is -1.15. The first kappa shape index (κ1) is 18.5. The molecule has 3 rings (SSSR count). The number of carbonyl (C=O) groups is 1. The number of benzene rings is 1. The number of aliphatic hydroxyl groups is 1. The van der Waals surface area contributed by atoms with E-state index < -0.39 is 5.60 Å². The number of likely N-dealkylation sites (tertiary alicyclic amines) is 1. The van der Waals surface area contributed by atoms with Crippen LogP contribution in [-0.4, -0.2) is 50.6 Å². The number of β-amino-alcohol motifs (C(OH)–C–C–N with tert-alkyl or cyclic N) is 1. The van der Waals surface area contributed by atoms with E-state index in [2.05, 4.69) is 10.3 Å². The lowest BCUT2D eigenvalue weighted by Gasteiger charge is -2.37. The number of hydrogen-bond acceptors (Lipinski definition) is 5. The van der Waals surface area contributed by atoms with Crippen molar-refractivity contribution in [2.75, 3.05) is 19.7 Å². The number of nitrogens with zero attached hydrogens (tertiary/aromatic N) is 4. The van der Waals surface area contributed by atoms with Gasteiger partial charge in [-0.05, 0) is 32.3 Å². The summed E-state index contributed by atoms with van der Waals surface area (Å²) in [6, 6.07) is 9.92. The Balaban J connectivity index is 1.57. The van der Waals surface area contributed by atoms with Gasteiger partial charge in [-0.15, -0.1) is 5.10 Å². The van der Waals surface area contributed by atoms with E-state index >= 15 is 0 Å². The van der Waals surface area contributed by atoms with Gasteiger partial charge in [0, 0.05) is 12.6 Å². The molecular weight excluding hydrogens is 332 g/mol. The molecule has 2 heterocycles. The molecule has 140 valence electrons. The van der Waals surface area contributed by atoms with Gasteiger partial charge >= 0.3 is 0 Å². The van der Waals surface area contributed by atoms with Crippen LogP contribution in [0.5, 0.6) is 0 Å². The van der Waals surface area contributed by atoms with Crippen LogP contribution >= 0.6 is 0 Å². The molecule has 0 unspecified atom stereocenters. The van der Waals surface area contributed by atoms with Gasteiger partial charge in [-0.25, -0.2) is 4.68 Å². The summed E-state index contributed by atoms with van der Waals surface area (Å²) >= 11 is 0. The van der Waals surface area contributed by atoms with E-state index in [1.807, 2.05) is 44.2 Å². The second-order valence-corrected chi connectivity index (χ2v) is 7.11. The number of hydrogen-bond donors (Lipinski definition) is 1. The number of piperidine rings is 1. The Morgan fingerprint density at radius 2 is 2.12 bits per heavy atom. The molecule has 0 radical (unpaired) electrons. The van der Waals surface area contributed by atoms with Gasteiger partial charge in [-0.2, -0.15) is 0 Å². The lowest BCUT2D eigenvalue weighted by molar-refractivity contribution is -0.144. The second kappa shape index (κ2) is 7.97. The van der Waals surface area contributed by atoms with Gasteiger partial charge in [0.2, 0.25) is 5.91 Å². The van der Waals surface area contributed by atoms with Crippen molar-refractivity contribution in [2.24, 2.45) is 0 Å². The lowest BCUT2D eigenvalue weighted by Crippen LogP contribution is -2.49. The molecule has 1 N–H and O–H groups in total. The Morgan fingerprint density at radius 1 is 1.35 bits per heavy atom. The molecule has 1 saturated heterocycles. The zero-order chi connectivity index (χ0) is 18.6. The van der Waals surface area contributed by atoms with Crippen LogP contribution in [0.2, 0.25) is 0 Å². The van der Waals surface area contributed by atoms with Gasteiger partial charge in [-0.3, -0.25) is 4.79 Å². The SMILES string of the molecule is CC(C)n1cc([C@@]2(O)CCCN(C(=O)COCc3ccccc3)C2)nn1. The van der Waals surface area contributed by atoms with E-state index in [9.17, 15) is 9.90 Å². The number of carbonyl (C=O) groups excluding carboxylic acids is 1. The van der Waals surface area contributed by atoms with Gasteiger partial charge in [0.15, 0.2) is 0 Å². The fraction of sp³-hybridized carbons (Fsp3) is 0.526. The molecule has 1 atom stereocenters. The van der Waals surface area contributed by atoms with E-state index in [0.29, 0.717) is 25.3 Å². The van der Waals surface area contributed by atoms with Crippen LogP contribution in [0, 0.1) is 0 Å². The molecule has 0 bridgehead atoms. The number of rotatable bonds is 6. The van der Waals surface area contributed by atoms with Crippen molar-refractivity contribution in [1.29, 1.82) is 0 Å². The third kappa shape index (κ3) is 4.28. The summed E-state index contributed by atoms with van der Waals surface area (Å²) in [4.78, 5) is 14.1. The molecule has 7 nitrogen and oxygen atoms in total.